The molecular formula is C20H23BrN2O5. The Morgan fingerprint density at radius 3 is 2.46 bits per heavy atom. The zero-order chi connectivity index (χ0) is 20.8. The smallest absolute Gasteiger partial charge is 0.355 e. The van der Waals surface area contributed by atoms with E-state index >= 15 is 0 Å². The van der Waals surface area contributed by atoms with Crippen molar-refractivity contribution in [1.82, 2.24) is 9.88 Å². The molecule has 0 unspecified atom stereocenters. The number of rotatable bonds is 7. The van der Waals surface area contributed by atoms with Crippen molar-refractivity contribution < 1.29 is 23.9 Å². The number of likely N-dealkylation sites (N-methyl/N-ethyl adjacent to an activating group) is 1. The number of esters is 2. The molecule has 8 heteroatoms. The second-order valence-electron chi connectivity index (χ2n) is 6.24. The Balaban J connectivity index is 2.03. The summed E-state index contributed by atoms with van der Waals surface area (Å²) in [5.74, 6) is -1.55. The van der Waals surface area contributed by atoms with Crippen LogP contribution in [-0.2, 0) is 27.2 Å². The van der Waals surface area contributed by atoms with Crippen molar-refractivity contribution in [1.29, 1.82) is 0 Å². The number of H-pyrrole nitrogens is 1. The first-order chi connectivity index (χ1) is 13.3. The zero-order valence-electron chi connectivity index (χ0n) is 16.3. The molecule has 0 atom stereocenters. The molecule has 0 fully saturated rings. The fourth-order valence-corrected chi connectivity index (χ4v) is 3.20. The first kappa shape index (κ1) is 21.7. The van der Waals surface area contributed by atoms with Crippen LogP contribution in [0.3, 0.4) is 0 Å². The minimum absolute atomic E-state index is 0.151. The quantitative estimate of drug-likeness (QED) is 0.653. The summed E-state index contributed by atoms with van der Waals surface area (Å²) in [5, 5.41) is 0. The fraction of sp³-hybridized carbons (Fsp3) is 0.350. The molecule has 7 nitrogen and oxygen atoms in total. The number of aromatic amines is 1. The maximum absolute atomic E-state index is 12.4. The van der Waals surface area contributed by atoms with E-state index in [-0.39, 0.29) is 11.6 Å². The number of nitrogens with one attached hydrogen (secondary N) is 1. The predicted molar refractivity (Wildman–Crippen MR) is 107 cm³/mol. The summed E-state index contributed by atoms with van der Waals surface area (Å²) in [6.45, 7) is 3.48. The lowest BCUT2D eigenvalue weighted by Crippen LogP contribution is -2.31. The van der Waals surface area contributed by atoms with Gasteiger partial charge in [0.1, 0.15) is 5.69 Å². The molecule has 0 aliphatic carbocycles. The number of hydrogen-bond donors (Lipinski definition) is 1. The number of ether oxygens (including phenoxy) is 2. The van der Waals surface area contributed by atoms with Gasteiger partial charge < -0.3 is 19.4 Å². The van der Waals surface area contributed by atoms with Gasteiger partial charge in [0.2, 0.25) is 0 Å². The van der Waals surface area contributed by atoms with Gasteiger partial charge in [-0.3, -0.25) is 4.79 Å². The van der Waals surface area contributed by atoms with Crippen molar-refractivity contribution in [2.45, 2.75) is 26.8 Å². The Morgan fingerprint density at radius 1 is 1.18 bits per heavy atom. The summed E-state index contributed by atoms with van der Waals surface area (Å²) in [7, 11) is 2.92. The standard InChI is InChI=1S/C20H23BrN2O5/c1-5-15-17(19(25)27-4)12(2)18(22-15)20(26)28-11-16(24)23(3)10-13-8-6-7-9-14(13)21/h6-9,22H,5,10-11H2,1-4H3. The lowest BCUT2D eigenvalue weighted by atomic mass is 10.1. The molecule has 2 rings (SSSR count). The molecular weight excluding hydrogens is 428 g/mol. The molecule has 0 bridgehead atoms. The molecule has 1 heterocycles. The molecule has 2 aromatic rings. The molecule has 1 aromatic carbocycles. The van der Waals surface area contributed by atoms with Crippen LogP contribution in [0.5, 0.6) is 0 Å². The van der Waals surface area contributed by atoms with Gasteiger partial charge in [-0.1, -0.05) is 41.1 Å². The Kier molecular flexibility index (Phi) is 7.39. The van der Waals surface area contributed by atoms with E-state index in [0.717, 1.165) is 10.0 Å². The average molecular weight is 451 g/mol. The van der Waals surface area contributed by atoms with Crippen LogP contribution in [0, 0.1) is 6.92 Å². The third-order valence-electron chi connectivity index (χ3n) is 4.39. The average Bonchev–Trinajstić information content (AvgIpc) is 3.03. The summed E-state index contributed by atoms with van der Waals surface area (Å²) >= 11 is 3.44. The maximum Gasteiger partial charge on any atom is 0.355 e. The van der Waals surface area contributed by atoms with Crippen LogP contribution in [0.4, 0.5) is 0 Å². The molecule has 1 amide bonds. The monoisotopic (exact) mass is 450 g/mol. The highest BCUT2D eigenvalue weighted by Crippen LogP contribution is 2.21. The first-order valence-electron chi connectivity index (χ1n) is 8.74. The van der Waals surface area contributed by atoms with Gasteiger partial charge in [0.25, 0.3) is 5.91 Å². The van der Waals surface area contributed by atoms with Gasteiger partial charge in [-0.05, 0) is 30.5 Å². The molecule has 150 valence electrons. The van der Waals surface area contributed by atoms with Gasteiger partial charge in [0.05, 0.1) is 12.7 Å². The third-order valence-corrected chi connectivity index (χ3v) is 5.17. The topological polar surface area (TPSA) is 88.7 Å². The van der Waals surface area contributed by atoms with E-state index in [9.17, 15) is 14.4 Å². The normalized spacial score (nSPS) is 10.5. The number of halogens is 1. The van der Waals surface area contributed by atoms with Crippen LogP contribution in [-0.4, -0.2) is 48.5 Å². The van der Waals surface area contributed by atoms with Crippen molar-refractivity contribution in [2.75, 3.05) is 20.8 Å². The number of methoxy groups -OCH3 is 1. The van der Waals surface area contributed by atoms with E-state index in [1.165, 1.54) is 12.0 Å². The van der Waals surface area contributed by atoms with Crippen molar-refractivity contribution in [3.63, 3.8) is 0 Å². The minimum atomic E-state index is -0.690. The van der Waals surface area contributed by atoms with Crippen molar-refractivity contribution >= 4 is 33.8 Å². The molecule has 0 aliphatic rings. The van der Waals surface area contributed by atoms with Crippen LogP contribution in [0.25, 0.3) is 0 Å². The van der Waals surface area contributed by atoms with E-state index in [1.807, 2.05) is 31.2 Å². The van der Waals surface area contributed by atoms with Crippen LogP contribution in [0.15, 0.2) is 28.7 Å². The van der Waals surface area contributed by atoms with Gasteiger partial charge in [-0.2, -0.15) is 0 Å². The molecule has 1 N–H and O–H groups in total. The fourth-order valence-electron chi connectivity index (χ4n) is 2.79. The number of carbonyl (C=O) groups excluding carboxylic acids is 3. The van der Waals surface area contributed by atoms with Crippen LogP contribution in [0.1, 0.15) is 44.6 Å². The third kappa shape index (κ3) is 4.81. The van der Waals surface area contributed by atoms with E-state index in [0.29, 0.717) is 29.8 Å². The Bertz CT molecular complexity index is 891. The predicted octanol–water partition coefficient (Wildman–Crippen LogP) is 3.25. The van der Waals surface area contributed by atoms with E-state index in [1.54, 1.807) is 14.0 Å². The summed E-state index contributed by atoms with van der Waals surface area (Å²) in [4.78, 5) is 41.1. The van der Waals surface area contributed by atoms with Gasteiger partial charge >= 0.3 is 11.9 Å². The van der Waals surface area contributed by atoms with Crippen LogP contribution >= 0.6 is 15.9 Å². The number of amides is 1. The highest BCUT2D eigenvalue weighted by atomic mass is 79.9. The maximum atomic E-state index is 12.4. The number of carbonyl (C=O) groups is 3. The van der Waals surface area contributed by atoms with Crippen LogP contribution < -0.4 is 0 Å². The summed E-state index contributed by atoms with van der Waals surface area (Å²) in [5.41, 5.74) is 2.46. The van der Waals surface area contributed by atoms with Gasteiger partial charge in [0, 0.05) is 23.8 Å². The molecule has 0 spiro atoms. The summed E-state index contributed by atoms with van der Waals surface area (Å²) in [6, 6.07) is 7.58. The molecule has 0 aliphatic heterocycles. The SMILES string of the molecule is CCc1[nH]c(C(=O)OCC(=O)N(C)Cc2ccccc2Br)c(C)c1C(=O)OC. The molecule has 28 heavy (non-hydrogen) atoms. The van der Waals surface area contributed by atoms with Crippen molar-refractivity contribution in [2.24, 2.45) is 0 Å². The van der Waals surface area contributed by atoms with Crippen molar-refractivity contribution in [3.8, 4) is 0 Å². The van der Waals surface area contributed by atoms with E-state index in [4.69, 9.17) is 9.47 Å². The van der Waals surface area contributed by atoms with Gasteiger partial charge in [0.15, 0.2) is 6.61 Å². The van der Waals surface area contributed by atoms with Gasteiger partial charge in [-0.25, -0.2) is 9.59 Å². The number of benzene rings is 1. The second-order valence-corrected chi connectivity index (χ2v) is 7.10. The largest absolute Gasteiger partial charge is 0.465 e. The Hall–Kier alpha value is -2.61. The number of aromatic nitrogens is 1. The lowest BCUT2D eigenvalue weighted by Gasteiger charge is -2.18. The second kappa shape index (κ2) is 9.54. The lowest BCUT2D eigenvalue weighted by molar-refractivity contribution is -0.133. The zero-order valence-corrected chi connectivity index (χ0v) is 17.9. The first-order valence-corrected chi connectivity index (χ1v) is 9.53. The summed E-state index contributed by atoms with van der Waals surface area (Å²) < 4.78 is 10.8. The van der Waals surface area contributed by atoms with E-state index in [2.05, 4.69) is 20.9 Å². The molecule has 0 saturated heterocycles. The van der Waals surface area contributed by atoms with Crippen LogP contribution in [0.2, 0.25) is 0 Å². The van der Waals surface area contributed by atoms with Gasteiger partial charge in [-0.15, -0.1) is 0 Å². The number of hydrogen-bond acceptors (Lipinski definition) is 5. The Labute approximate surface area is 172 Å². The molecule has 0 radical (unpaired) electrons. The highest BCUT2D eigenvalue weighted by molar-refractivity contribution is 9.10. The number of nitrogens with zero attached hydrogens (tertiary/aromatic N) is 1. The highest BCUT2D eigenvalue weighted by Gasteiger charge is 2.25. The Morgan fingerprint density at radius 2 is 1.86 bits per heavy atom. The summed E-state index contributed by atoms with van der Waals surface area (Å²) in [6.07, 6.45) is 0.520. The molecule has 1 aromatic heterocycles. The number of aryl methyl sites for hydroxylation is 1. The minimum Gasteiger partial charge on any atom is -0.465 e. The molecule has 0 saturated carbocycles. The van der Waals surface area contributed by atoms with Crippen molar-refractivity contribution in [3.05, 3.63) is 56.8 Å². The van der Waals surface area contributed by atoms with E-state index < -0.39 is 18.5 Å².